The molecule has 1 unspecified atom stereocenters. The smallest absolute Gasteiger partial charge is 0.275 e. The van der Waals surface area contributed by atoms with Crippen molar-refractivity contribution in [3.05, 3.63) is 46.4 Å². The van der Waals surface area contributed by atoms with Gasteiger partial charge in [0.1, 0.15) is 5.82 Å². The van der Waals surface area contributed by atoms with Crippen molar-refractivity contribution < 1.29 is 9.18 Å². The highest BCUT2D eigenvalue weighted by Crippen LogP contribution is 2.20. The Labute approximate surface area is 148 Å². The topological polar surface area (TPSA) is 50.2 Å². The molecule has 0 bridgehead atoms. The molecule has 8 heteroatoms. The van der Waals surface area contributed by atoms with E-state index in [0.717, 1.165) is 6.54 Å². The minimum Gasteiger partial charge on any atom is -0.334 e. The zero-order chi connectivity index (χ0) is 15.7. The summed E-state index contributed by atoms with van der Waals surface area (Å²) in [6.07, 6.45) is 1.71. The Kier molecular flexibility index (Phi) is 5.78. The van der Waals surface area contributed by atoms with Crippen molar-refractivity contribution in [3.8, 4) is 5.69 Å². The molecule has 5 nitrogen and oxygen atoms in total. The predicted molar refractivity (Wildman–Crippen MR) is 91.8 cm³/mol. The Bertz CT molecular complexity index is 691. The first-order valence-electron chi connectivity index (χ1n) is 7.08. The van der Waals surface area contributed by atoms with Crippen LogP contribution in [-0.4, -0.2) is 46.3 Å². The van der Waals surface area contributed by atoms with Crippen LogP contribution in [0.3, 0.4) is 0 Å². The summed E-state index contributed by atoms with van der Waals surface area (Å²) in [5.41, 5.74) is 1.08. The molecule has 2 heterocycles. The lowest BCUT2D eigenvalue weighted by molar-refractivity contribution is 0.0701. The fourth-order valence-electron chi connectivity index (χ4n) is 2.49. The van der Waals surface area contributed by atoms with E-state index in [1.165, 1.54) is 12.1 Å². The summed E-state index contributed by atoms with van der Waals surface area (Å²) >= 11 is 3.39. The molecule has 1 atom stereocenters. The average molecular weight is 404 g/mol. The van der Waals surface area contributed by atoms with Gasteiger partial charge in [-0.15, -0.1) is 12.4 Å². The molecule has 23 heavy (non-hydrogen) atoms. The molecule has 1 aromatic carbocycles. The fraction of sp³-hybridized carbons (Fsp3) is 0.333. The van der Waals surface area contributed by atoms with Gasteiger partial charge in [-0.2, -0.15) is 5.10 Å². The van der Waals surface area contributed by atoms with E-state index in [4.69, 9.17) is 0 Å². The van der Waals surface area contributed by atoms with Crippen LogP contribution < -0.4 is 5.32 Å². The second-order valence-corrected chi connectivity index (χ2v) is 6.21. The number of rotatable bonds is 2. The molecular formula is C15H17BrClFN4O. The second kappa shape index (κ2) is 7.42. The largest absolute Gasteiger partial charge is 0.334 e. The molecule has 1 aliphatic heterocycles. The van der Waals surface area contributed by atoms with E-state index >= 15 is 0 Å². The third kappa shape index (κ3) is 3.91. The molecule has 124 valence electrons. The molecule has 0 spiro atoms. The monoisotopic (exact) mass is 402 g/mol. The lowest BCUT2D eigenvalue weighted by Gasteiger charge is -2.31. The third-order valence-electron chi connectivity index (χ3n) is 3.62. The molecule has 1 saturated heterocycles. The molecule has 1 fully saturated rings. The van der Waals surface area contributed by atoms with Crippen molar-refractivity contribution in [2.75, 3.05) is 19.6 Å². The van der Waals surface area contributed by atoms with E-state index in [1.54, 1.807) is 27.9 Å². The first-order chi connectivity index (χ1) is 10.5. The van der Waals surface area contributed by atoms with Crippen molar-refractivity contribution in [2.45, 2.75) is 13.0 Å². The Morgan fingerprint density at radius 1 is 1.39 bits per heavy atom. The van der Waals surface area contributed by atoms with Crippen LogP contribution in [0.1, 0.15) is 17.4 Å². The van der Waals surface area contributed by atoms with Crippen molar-refractivity contribution in [3.63, 3.8) is 0 Å². The number of carbonyl (C=O) groups excluding carboxylic acids is 1. The van der Waals surface area contributed by atoms with Gasteiger partial charge in [0, 0.05) is 31.9 Å². The van der Waals surface area contributed by atoms with Crippen molar-refractivity contribution in [1.82, 2.24) is 20.0 Å². The highest BCUT2D eigenvalue weighted by molar-refractivity contribution is 9.10. The third-order valence-corrected chi connectivity index (χ3v) is 4.20. The predicted octanol–water partition coefficient (Wildman–Crippen LogP) is 2.63. The normalized spacial score (nSPS) is 17.7. The van der Waals surface area contributed by atoms with Gasteiger partial charge in [-0.3, -0.25) is 4.79 Å². The standard InChI is InChI=1S/C15H16BrFN4O.ClH/c1-10-8-20(7-6-18-10)15(22)14-13(16)9-21(19-14)12-4-2-11(17)3-5-12;/h2-5,9-10,18H,6-8H2,1H3;1H. The van der Waals surface area contributed by atoms with Gasteiger partial charge in [0.15, 0.2) is 5.69 Å². The van der Waals surface area contributed by atoms with Gasteiger partial charge in [0.05, 0.1) is 10.2 Å². The molecule has 2 aromatic rings. The number of hydrogen-bond donors (Lipinski definition) is 1. The second-order valence-electron chi connectivity index (χ2n) is 5.35. The molecule has 1 aliphatic rings. The minimum atomic E-state index is -0.305. The van der Waals surface area contributed by atoms with E-state index in [0.29, 0.717) is 28.9 Å². The van der Waals surface area contributed by atoms with Gasteiger partial charge in [0.25, 0.3) is 5.91 Å². The molecule has 1 aromatic heterocycles. The lowest BCUT2D eigenvalue weighted by atomic mass is 10.2. The van der Waals surface area contributed by atoms with Crippen molar-refractivity contribution in [2.24, 2.45) is 0 Å². The summed E-state index contributed by atoms with van der Waals surface area (Å²) in [5, 5.41) is 7.65. The van der Waals surface area contributed by atoms with Gasteiger partial charge < -0.3 is 10.2 Å². The Balaban J connectivity index is 0.00000192. The van der Waals surface area contributed by atoms with Gasteiger partial charge >= 0.3 is 0 Å². The maximum atomic E-state index is 13.0. The molecule has 0 saturated carbocycles. The zero-order valence-electron chi connectivity index (χ0n) is 12.5. The van der Waals surface area contributed by atoms with Gasteiger partial charge in [-0.25, -0.2) is 9.07 Å². The van der Waals surface area contributed by atoms with E-state index < -0.39 is 0 Å². The maximum absolute atomic E-state index is 13.0. The summed E-state index contributed by atoms with van der Waals surface area (Å²) in [6, 6.07) is 6.25. The number of nitrogens with zero attached hydrogens (tertiary/aromatic N) is 3. The Hall–Kier alpha value is -1.44. The van der Waals surface area contributed by atoms with Crippen LogP contribution in [0.5, 0.6) is 0 Å². The van der Waals surface area contributed by atoms with Crippen molar-refractivity contribution in [1.29, 1.82) is 0 Å². The molecule has 1 N–H and O–H groups in total. The fourth-order valence-corrected chi connectivity index (χ4v) is 2.93. The highest BCUT2D eigenvalue weighted by atomic mass is 79.9. The summed E-state index contributed by atoms with van der Waals surface area (Å²) in [6.45, 7) is 4.16. The lowest BCUT2D eigenvalue weighted by Crippen LogP contribution is -2.51. The Morgan fingerprint density at radius 2 is 2.09 bits per heavy atom. The van der Waals surface area contributed by atoms with Crippen LogP contribution >= 0.6 is 28.3 Å². The van der Waals surface area contributed by atoms with Crippen LogP contribution in [0.15, 0.2) is 34.9 Å². The summed E-state index contributed by atoms with van der Waals surface area (Å²) in [7, 11) is 0. The SMILES string of the molecule is CC1CN(C(=O)c2nn(-c3ccc(F)cc3)cc2Br)CCN1.Cl. The molecule has 0 radical (unpaired) electrons. The van der Waals surface area contributed by atoms with Crippen LogP contribution in [0.2, 0.25) is 0 Å². The van der Waals surface area contributed by atoms with Gasteiger partial charge in [-0.1, -0.05) is 0 Å². The number of aromatic nitrogens is 2. The number of benzene rings is 1. The summed E-state index contributed by atoms with van der Waals surface area (Å²) in [4.78, 5) is 14.4. The maximum Gasteiger partial charge on any atom is 0.275 e. The van der Waals surface area contributed by atoms with E-state index in [9.17, 15) is 9.18 Å². The number of carbonyl (C=O) groups is 1. The zero-order valence-corrected chi connectivity index (χ0v) is 14.9. The number of hydrogen-bond acceptors (Lipinski definition) is 3. The molecular weight excluding hydrogens is 387 g/mol. The Morgan fingerprint density at radius 3 is 2.74 bits per heavy atom. The number of halogens is 3. The minimum absolute atomic E-state index is 0. The van der Waals surface area contributed by atoms with E-state index in [1.807, 2.05) is 6.92 Å². The van der Waals surface area contributed by atoms with Crippen LogP contribution in [0.25, 0.3) is 5.69 Å². The van der Waals surface area contributed by atoms with Crippen LogP contribution in [0, 0.1) is 5.82 Å². The highest BCUT2D eigenvalue weighted by Gasteiger charge is 2.25. The average Bonchev–Trinajstić information content (AvgIpc) is 2.89. The van der Waals surface area contributed by atoms with Crippen molar-refractivity contribution >= 4 is 34.2 Å². The molecule has 3 rings (SSSR count). The first-order valence-corrected chi connectivity index (χ1v) is 7.87. The van der Waals surface area contributed by atoms with Gasteiger partial charge in [0.2, 0.25) is 0 Å². The number of piperazine rings is 1. The molecule has 1 amide bonds. The first kappa shape index (κ1) is 17.9. The number of nitrogens with one attached hydrogen (secondary N) is 1. The van der Waals surface area contributed by atoms with E-state index in [2.05, 4.69) is 26.3 Å². The molecule has 0 aliphatic carbocycles. The van der Waals surface area contributed by atoms with Crippen LogP contribution in [-0.2, 0) is 0 Å². The van der Waals surface area contributed by atoms with Crippen LogP contribution in [0.4, 0.5) is 4.39 Å². The summed E-state index contributed by atoms with van der Waals surface area (Å²) in [5.74, 6) is -0.401. The summed E-state index contributed by atoms with van der Waals surface area (Å²) < 4.78 is 15.2. The quantitative estimate of drug-likeness (QED) is 0.839. The van der Waals surface area contributed by atoms with Gasteiger partial charge in [-0.05, 0) is 47.1 Å². The van der Waals surface area contributed by atoms with E-state index in [-0.39, 0.29) is 30.2 Å². The number of amides is 1.